The van der Waals surface area contributed by atoms with Gasteiger partial charge in [-0.05, 0) is 13.0 Å². The molecule has 15 heavy (non-hydrogen) atoms. The maximum Gasteiger partial charge on any atom is 0.357 e. The Morgan fingerprint density at radius 1 is 1.67 bits per heavy atom. The van der Waals surface area contributed by atoms with Gasteiger partial charge in [0.15, 0.2) is 5.69 Å². The second kappa shape index (κ2) is 4.45. The highest BCUT2D eigenvalue weighted by Gasteiger charge is 2.18. The number of ether oxygens (including phenoxy) is 1. The predicted molar refractivity (Wildman–Crippen MR) is 46.8 cm³/mol. The topological polar surface area (TPSA) is 82.3 Å². The van der Waals surface area contributed by atoms with E-state index in [-0.39, 0.29) is 12.3 Å². The Bertz CT molecular complexity index is 408. The van der Waals surface area contributed by atoms with Crippen LogP contribution in [0.5, 0.6) is 0 Å². The summed E-state index contributed by atoms with van der Waals surface area (Å²) in [7, 11) is 0. The highest BCUT2D eigenvalue weighted by Crippen LogP contribution is 2.14. The van der Waals surface area contributed by atoms with Gasteiger partial charge in [-0.3, -0.25) is 10.1 Å². The van der Waals surface area contributed by atoms with Crippen molar-refractivity contribution in [2.45, 2.75) is 6.92 Å². The number of nitro groups is 1. The Kier molecular flexibility index (Phi) is 3.27. The van der Waals surface area contributed by atoms with Crippen LogP contribution in [0.3, 0.4) is 0 Å². The quantitative estimate of drug-likeness (QED) is 0.328. The summed E-state index contributed by atoms with van der Waals surface area (Å²) in [5.41, 5.74) is -1.07. The van der Waals surface area contributed by atoms with Gasteiger partial charge in [0.1, 0.15) is 0 Å². The zero-order chi connectivity index (χ0) is 11.4. The van der Waals surface area contributed by atoms with Gasteiger partial charge in [0.2, 0.25) is 0 Å². The number of carbonyl (C=O) groups is 1. The van der Waals surface area contributed by atoms with Gasteiger partial charge in [-0.1, -0.05) is 0 Å². The molecule has 1 heterocycles. The summed E-state index contributed by atoms with van der Waals surface area (Å²) in [6.07, 6.45) is 0. The van der Waals surface area contributed by atoms with Crippen molar-refractivity contribution in [3.8, 4) is 0 Å². The Morgan fingerprint density at radius 3 is 2.80 bits per heavy atom. The van der Waals surface area contributed by atoms with Crippen molar-refractivity contribution in [1.82, 2.24) is 4.98 Å². The minimum Gasteiger partial charge on any atom is -0.461 e. The lowest BCUT2D eigenvalue weighted by Gasteiger charge is -2.00. The third-order valence-electron chi connectivity index (χ3n) is 1.51. The third-order valence-corrected chi connectivity index (χ3v) is 1.51. The lowest BCUT2D eigenvalue weighted by molar-refractivity contribution is -0.388. The van der Waals surface area contributed by atoms with Crippen molar-refractivity contribution in [1.29, 1.82) is 0 Å². The number of hydrogen-bond donors (Lipinski definition) is 0. The van der Waals surface area contributed by atoms with Crippen molar-refractivity contribution in [2.24, 2.45) is 0 Å². The van der Waals surface area contributed by atoms with Crippen LogP contribution >= 0.6 is 0 Å². The molecule has 0 fully saturated rings. The van der Waals surface area contributed by atoms with Crippen LogP contribution in [0.4, 0.5) is 10.1 Å². The molecule has 0 bridgehead atoms. The van der Waals surface area contributed by atoms with Crippen LogP contribution in [0.1, 0.15) is 17.4 Å². The first-order valence-corrected chi connectivity index (χ1v) is 4.04. The van der Waals surface area contributed by atoms with Crippen molar-refractivity contribution in [3.63, 3.8) is 0 Å². The largest absolute Gasteiger partial charge is 0.461 e. The van der Waals surface area contributed by atoms with E-state index in [2.05, 4.69) is 9.72 Å². The molecule has 1 aromatic rings. The van der Waals surface area contributed by atoms with E-state index < -0.39 is 22.5 Å². The number of aromatic nitrogens is 1. The summed E-state index contributed by atoms with van der Waals surface area (Å²) in [5, 5.41) is 10.2. The van der Waals surface area contributed by atoms with Crippen LogP contribution in [-0.2, 0) is 4.74 Å². The number of carbonyl (C=O) groups excluding carboxylic acids is 1. The van der Waals surface area contributed by atoms with Gasteiger partial charge < -0.3 is 4.74 Å². The normalized spacial score (nSPS) is 9.73. The van der Waals surface area contributed by atoms with Crippen molar-refractivity contribution >= 4 is 11.7 Å². The fraction of sp³-hybridized carbons (Fsp3) is 0.250. The monoisotopic (exact) mass is 214 g/mol. The van der Waals surface area contributed by atoms with Crippen molar-refractivity contribution in [3.05, 3.63) is 33.9 Å². The Labute approximate surface area is 83.8 Å². The number of rotatable bonds is 3. The summed E-state index contributed by atoms with van der Waals surface area (Å²) in [4.78, 5) is 23.5. The molecule has 0 aliphatic carbocycles. The fourth-order valence-corrected chi connectivity index (χ4v) is 0.882. The number of halogens is 1. The molecular formula is C8H7FN2O4. The molecule has 0 aliphatic rings. The average Bonchev–Trinajstić information content (AvgIpc) is 2.17. The Morgan fingerprint density at radius 2 is 2.33 bits per heavy atom. The van der Waals surface area contributed by atoms with Crippen LogP contribution in [0, 0.1) is 16.1 Å². The first kappa shape index (κ1) is 11.0. The zero-order valence-electron chi connectivity index (χ0n) is 7.77. The van der Waals surface area contributed by atoms with Gasteiger partial charge in [-0.25, -0.2) is 9.78 Å². The molecule has 0 spiro atoms. The molecule has 80 valence electrons. The first-order valence-electron chi connectivity index (χ1n) is 4.04. The molecule has 1 rings (SSSR count). The van der Waals surface area contributed by atoms with E-state index in [0.29, 0.717) is 0 Å². The van der Waals surface area contributed by atoms with Crippen LogP contribution < -0.4 is 0 Å². The van der Waals surface area contributed by atoms with Crippen molar-refractivity contribution < 1.29 is 18.8 Å². The van der Waals surface area contributed by atoms with E-state index in [1.54, 1.807) is 6.92 Å². The zero-order valence-corrected chi connectivity index (χ0v) is 7.77. The molecular weight excluding hydrogens is 207 g/mol. The molecule has 0 aromatic carbocycles. The summed E-state index contributed by atoms with van der Waals surface area (Å²) in [6, 6.07) is 1.91. The summed E-state index contributed by atoms with van der Waals surface area (Å²) < 4.78 is 17.5. The molecule has 0 N–H and O–H groups in total. The smallest absolute Gasteiger partial charge is 0.357 e. The molecule has 0 amide bonds. The second-order valence-electron chi connectivity index (χ2n) is 2.48. The number of hydrogen-bond acceptors (Lipinski definition) is 5. The standard InChI is InChI=1S/C8H7FN2O4/c1-2-15-8(12)5-3-4-6(11(13)14)7(9)10-5/h3-4H,2H2,1H3. The highest BCUT2D eigenvalue weighted by molar-refractivity contribution is 5.87. The van der Waals surface area contributed by atoms with E-state index in [9.17, 15) is 19.3 Å². The Balaban J connectivity index is 3.01. The molecule has 6 nitrogen and oxygen atoms in total. The average molecular weight is 214 g/mol. The van der Waals surface area contributed by atoms with E-state index in [1.165, 1.54) is 0 Å². The van der Waals surface area contributed by atoms with Crippen LogP contribution in [0.25, 0.3) is 0 Å². The molecule has 0 saturated heterocycles. The van der Waals surface area contributed by atoms with Crippen LogP contribution in [0.15, 0.2) is 12.1 Å². The van der Waals surface area contributed by atoms with Crippen LogP contribution in [-0.4, -0.2) is 22.5 Å². The number of pyridine rings is 1. The van der Waals surface area contributed by atoms with Gasteiger partial charge >= 0.3 is 11.7 Å². The minimum atomic E-state index is -1.30. The second-order valence-corrected chi connectivity index (χ2v) is 2.48. The molecule has 7 heteroatoms. The molecule has 0 saturated carbocycles. The molecule has 0 radical (unpaired) electrons. The Hall–Kier alpha value is -2.05. The van der Waals surface area contributed by atoms with Gasteiger partial charge in [-0.15, -0.1) is 0 Å². The lowest BCUT2D eigenvalue weighted by atomic mass is 10.3. The number of nitrogens with zero attached hydrogens (tertiary/aromatic N) is 2. The SMILES string of the molecule is CCOC(=O)c1ccc([N+](=O)[O-])c(F)n1. The van der Waals surface area contributed by atoms with E-state index in [1.807, 2.05) is 0 Å². The number of esters is 1. The van der Waals surface area contributed by atoms with E-state index in [0.717, 1.165) is 12.1 Å². The van der Waals surface area contributed by atoms with Crippen molar-refractivity contribution in [2.75, 3.05) is 6.61 Å². The first-order chi connectivity index (χ1) is 7.06. The maximum absolute atomic E-state index is 12.9. The van der Waals surface area contributed by atoms with E-state index >= 15 is 0 Å². The summed E-state index contributed by atoms with van der Waals surface area (Å²) in [6.45, 7) is 1.71. The third kappa shape index (κ3) is 2.46. The highest BCUT2D eigenvalue weighted by atomic mass is 19.1. The predicted octanol–water partition coefficient (Wildman–Crippen LogP) is 1.31. The minimum absolute atomic E-state index is 0.124. The van der Waals surface area contributed by atoms with Gasteiger partial charge in [0.25, 0.3) is 5.95 Å². The molecule has 0 unspecified atom stereocenters. The molecule has 1 aromatic heterocycles. The molecule has 0 atom stereocenters. The molecule has 0 aliphatic heterocycles. The van der Waals surface area contributed by atoms with Gasteiger partial charge in [-0.2, -0.15) is 4.39 Å². The summed E-state index contributed by atoms with van der Waals surface area (Å²) >= 11 is 0. The maximum atomic E-state index is 12.9. The van der Waals surface area contributed by atoms with E-state index in [4.69, 9.17) is 0 Å². The summed E-state index contributed by atoms with van der Waals surface area (Å²) in [5.74, 6) is -2.11. The lowest BCUT2D eigenvalue weighted by Crippen LogP contribution is -2.08. The van der Waals surface area contributed by atoms with Crippen LogP contribution in [0.2, 0.25) is 0 Å². The van der Waals surface area contributed by atoms with Gasteiger partial charge in [0, 0.05) is 6.07 Å². The fourth-order valence-electron chi connectivity index (χ4n) is 0.882. The van der Waals surface area contributed by atoms with Gasteiger partial charge in [0.05, 0.1) is 11.5 Å².